The Hall–Kier alpha value is -3.53. The largest absolute Gasteiger partial charge is 0.493 e. The first kappa shape index (κ1) is 22.7. The molecule has 0 saturated carbocycles. The summed E-state index contributed by atoms with van der Waals surface area (Å²) in [5.74, 6) is -1.50. The van der Waals surface area contributed by atoms with Crippen molar-refractivity contribution in [1.29, 1.82) is 0 Å². The first-order chi connectivity index (χ1) is 15.8. The molecule has 33 heavy (non-hydrogen) atoms. The minimum atomic E-state index is -1.51. The Morgan fingerprint density at radius 1 is 1.12 bits per heavy atom. The lowest BCUT2D eigenvalue weighted by Crippen LogP contribution is -2.41. The number of hydrogen-bond donors (Lipinski definition) is 1. The molecule has 7 nitrogen and oxygen atoms in total. The van der Waals surface area contributed by atoms with Crippen molar-refractivity contribution >= 4 is 23.3 Å². The third-order valence-corrected chi connectivity index (χ3v) is 6.29. The van der Waals surface area contributed by atoms with Crippen LogP contribution < -0.4 is 14.8 Å². The summed E-state index contributed by atoms with van der Waals surface area (Å²) in [4.78, 5) is 31.2. The fourth-order valence-corrected chi connectivity index (χ4v) is 4.40. The Morgan fingerprint density at radius 2 is 1.91 bits per heavy atom. The number of thiazole rings is 1. The molecule has 4 rings (SSSR count). The number of benzene rings is 2. The van der Waals surface area contributed by atoms with E-state index in [2.05, 4.69) is 10.3 Å². The van der Waals surface area contributed by atoms with Gasteiger partial charge in [0.15, 0.2) is 23.1 Å². The number of methoxy groups -OCH3 is 1. The zero-order valence-corrected chi connectivity index (χ0v) is 19.0. The zero-order valence-electron chi connectivity index (χ0n) is 18.1. The van der Waals surface area contributed by atoms with Gasteiger partial charge in [0.2, 0.25) is 0 Å². The van der Waals surface area contributed by atoms with Crippen LogP contribution in [0.3, 0.4) is 0 Å². The fraction of sp³-hybridized carbons (Fsp3) is 0.261. The number of nitrogens with zero attached hydrogens (tertiary/aromatic N) is 2. The predicted molar refractivity (Wildman–Crippen MR) is 118 cm³/mol. The highest BCUT2D eigenvalue weighted by molar-refractivity contribution is 7.13. The van der Waals surface area contributed by atoms with Gasteiger partial charge in [-0.05, 0) is 49.7 Å². The van der Waals surface area contributed by atoms with E-state index in [1.807, 2.05) is 19.1 Å². The second-order valence-corrected chi connectivity index (χ2v) is 8.38. The van der Waals surface area contributed by atoms with Crippen LogP contribution in [0.2, 0.25) is 0 Å². The predicted octanol–water partition coefficient (Wildman–Crippen LogP) is 4.46. The van der Waals surface area contributed by atoms with Gasteiger partial charge in [-0.2, -0.15) is 0 Å². The molecule has 1 atom stereocenters. The standard InChI is InChI=1S/C23H21F2N3O4S/c1-4-32-18-8-5-13(9-19(18)31-3)20-26-15(12-33-20)11-28-21(29)23(2,27-22(28)30)14-6-7-16(24)17(25)10-14/h5-10,12H,4,11H2,1-3H3,(H,27,30). The molecule has 2 heterocycles. The van der Waals surface area contributed by atoms with Gasteiger partial charge in [-0.25, -0.2) is 18.6 Å². The van der Waals surface area contributed by atoms with Crippen molar-refractivity contribution in [1.82, 2.24) is 15.2 Å². The van der Waals surface area contributed by atoms with Crippen LogP contribution in [0.15, 0.2) is 41.8 Å². The molecule has 172 valence electrons. The van der Waals surface area contributed by atoms with Gasteiger partial charge in [0.05, 0.1) is 26.0 Å². The molecular weight excluding hydrogens is 452 g/mol. The number of halogens is 2. The lowest BCUT2D eigenvalue weighted by molar-refractivity contribution is -0.131. The monoisotopic (exact) mass is 473 g/mol. The molecule has 1 aromatic heterocycles. The van der Waals surface area contributed by atoms with E-state index < -0.39 is 29.1 Å². The minimum absolute atomic E-state index is 0.0609. The van der Waals surface area contributed by atoms with Crippen molar-refractivity contribution in [2.45, 2.75) is 25.9 Å². The maximum Gasteiger partial charge on any atom is 0.325 e. The summed E-state index contributed by atoms with van der Waals surface area (Å²) in [6.07, 6.45) is 0. The van der Waals surface area contributed by atoms with E-state index in [-0.39, 0.29) is 12.1 Å². The number of urea groups is 1. The third kappa shape index (κ3) is 4.13. The Labute approximate surface area is 193 Å². The average molecular weight is 474 g/mol. The van der Waals surface area contributed by atoms with Crippen LogP contribution in [0.25, 0.3) is 10.6 Å². The first-order valence-electron chi connectivity index (χ1n) is 10.1. The van der Waals surface area contributed by atoms with Crippen molar-refractivity contribution in [3.05, 3.63) is 64.7 Å². The lowest BCUT2D eigenvalue weighted by atomic mass is 9.92. The highest BCUT2D eigenvalue weighted by Gasteiger charge is 2.49. The van der Waals surface area contributed by atoms with Gasteiger partial charge < -0.3 is 14.8 Å². The summed E-state index contributed by atoms with van der Waals surface area (Å²) < 4.78 is 37.9. The molecule has 0 radical (unpaired) electrons. The van der Waals surface area contributed by atoms with Crippen LogP contribution in [0.1, 0.15) is 25.1 Å². The summed E-state index contributed by atoms with van der Waals surface area (Å²) in [6, 6.07) is 7.94. The van der Waals surface area contributed by atoms with Crippen molar-refractivity contribution in [2.75, 3.05) is 13.7 Å². The molecule has 10 heteroatoms. The van der Waals surface area contributed by atoms with Crippen molar-refractivity contribution < 1.29 is 27.8 Å². The van der Waals surface area contributed by atoms with Gasteiger partial charge in [0.1, 0.15) is 10.5 Å². The number of aromatic nitrogens is 1. The molecule has 1 N–H and O–H groups in total. The molecule has 3 amide bonds. The number of rotatable bonds is 7. The van der Waals surface area contributed by atoms with E-state index in [9.17, 15) is 18.4 Å². The number of nitrogens with one attached hydrogen (secondary N) is 1. The van der Waals surface area contributed by atoms with Crippen molar-refractivity contribution in [3.8, 4) is 22.1 Å². The summed E-state index contributed by atoms with van der Waals surface area (Å²) in [5, 5.41) is 5.02. The highest BCUT2D eigenvalue weighted by atomic mass is 32.1. The second-order valence-electron chi connectivity index (χ2n) is 7.52. The Balaban J connectivity index is 1.55. The van der Waals surface area contributed by atoms with Crippen LogP contribution in [0.4, 0.5) is 13.6 Å². The zero-order chi connectivity index (χ0) is 23.8. The van der Waals surface area contributed by atoms with E-state index in [1.165, 1.54) is 24.3 Å². The first-order valence-corrected chi connectivity index (χ1v) is 11.0. The Morgan fingerprint density at radius 3 is 2.61 bits per heavy atom. The average Bonchev–Trinajstić information content (AvgIpc) is 3.35. The van der Waals surface area contributed by atoms with Gasteiger partial charge in [0.25, 0.3) is 5.91 Å². The molecule has 1 unspecified atom stereocenters. The molecular formula is C23H21F2N3O4S. The normalized spacial score (nSPS) is 17.9. The Kier molecular flexibility index (Phi) is 6.03. The van der Waals surface area contributed by atoms with Gasteiger partial charge in [-0.15, -0.1) is 11.3 Å². The topological polar surface area (TPSA) is 80.8 Å². The number of hydrogen-bond acceptors (Lipinski definition) is 6. The van der Waals surface area contributed by atoms with Crippen LogP contribution in [-0.2, 0) is 16.9 Å². The number of imide groups is 1. The van der Waals surface area contributed by atoms with Crippen LogP contribution >= 0.6 is 11.3 Å². The molecule has 0 aliphatic carbocycles. The number of carbonyl (C=O) groups excluding carboxylic acids is 2. The van der Waals surface area contributed by atoms with Crippen LogP contribution in [0.5, 0.6) is 11.5 Å². The molecule has 1 aliphatic heterocycles. The van der Waals surface area contributed by atoms with Crippen LogP contribution in [0, 0.1) is 11.6 Å². The molecule has 1 saturated heterocycles. The van der Waals surface area contributed by atoms with Gasteiger partial charge in [-0.1, -0.05) is 6.07 Å². The molecule has 2 aromatic carbocycles. The summed E-state index contributed by atoms with van der Waals surface area (Å²) in [5.41, 5.74) is -0.0357. The van der Waals surface area contributed by atoms with Crippen molar-refractivity contribution in [2.24, 2.45) is 0 Å². The quantitative estimate of drug-likeness (QED) is 0.513. The fourth-order valence-electron chi connectivity index (χ4n) is 3.59. The number of carbonyl (C=O) groups is 2. The van der Waals surface area contributed by atoms with E-state index in [0.717, 1.165) is 22.6 Å². The minimum Gasteiger partial charge on any atom is -0.493 e. The van der Waals surface area contributed by atoms with Crippen LogP contribution in [-0.4, -0.2) is 35.5 Å². The van der Waals surface area contributed by atoms with Gasteiger partial charge in [0, 0.05) is 10.9 Å². The Bertz CT molecular complexity index is 1230. The second kappa shape index (κ2) is 8.78. The van der Waals surface area contributed by atoms with E-state index in [1.54, 1.807) is 18.6 Å². The maximum atomic E-state index is 13.7. The van der Waals surface area contributed by atoms with E-state index in [0.29, 0.717) is 28.8 Å². The van der Waals surface area contributed by atoms with Crippen molar-refractivity contribution in [3.63, 3.8) is 0 Å². The van der Waals surface area contributed by atoms with Gasteiger partial charge in [-0.3, -0.25) is 9.69 Å². The molecule has 1 fully saturated rings. The molecule has 0 spiro atoms. The molecule has 3 aromatic rings. The molecule has 0 bridgehead atoms. The number of amides is 3. The summed E-state index contributed by atoms with van der Waals surface area (Å²) >= 11 is 1.36. The summed E-state index contributed by atoms with van der Waals surface area (Å²) in [7, 11) is 1.55. The lowest BCUT2D eigenvalue weighted by Gasteiger charge is -2.22. The van der Waals surface area contributed by atoms with Gasteiger partial charge >= 0.3 is 6.03 Å². The smallest absolute Gasteiger partial charge is 0.325 e. The number of ether oxygens (including phenoxy) is 2. The van der Waals surface area contributed by atoms with E-state index >= 15 is 0 Å². The van der Waals surface area contributed by atoms with E-state index in [4.69, 9.17) is 9.47 Å². The molecule has 1 aliphatic rings. The summed E-state index contributed by atoms with van der Waals surface area (Å²) in [6.45, 7) is 3.79. The third-order valence-electron chi connectivity index (χ3n) is 5.35. The highest BCUT2D eigenvalue weighted by Crippen LogP contribution is 2.35. The maximum absolute atomic E-state index is 13.7. The SMILES string of the molecule is CCOc1ccc(-c2nc(CN3C(=O)NC(C)(c4ccc(F)c(F)c4)C3=O)cs2)cc1OC.